The Bertz CT molecular complexity index is 1000. The minimum atomic E-state index is -1.05. The Balaban J connectivity index is 1.55. The highest BCUT2D eigenvalue weighted by atomic mass is 16.5. The Morgan fingerprint density at radius 3 is 2.50 bits per heavy atom. The van der Waals surface area contributed by atoms with Crippen LogP contribution in [-0.4, -0.2) is 27.5 Å². The number of carboxylic acid groups (broad SMARTS) is 1. The maximum atomic E-state index is 11.7. The van der Waals surface area contributed by atoms with Gasteiger partial charge in [-0.3, -0.25) is 0 Å². The molecular formula is C23H20N2O3. The molecule has 0 fully saturated rings. The monoisotopic (exact) mass is 372 g/mol. The van der Waals surface area contributed by atoms with E-state index in [1.54, 1.807) is 18.2 Å². The van der Waals surface area contributed by atoms with Crippen LogP contribution in [0.25, 0.3) is 6.08 Å². The van der Waals surface area contributed by atoms with E-state index < -0.39 is 5.97 Å². The van der Waals surface area contributed by atoms with Gasteiger partial charge in [0.1, 0.15) is 11.3 Å². The molecule has 2 heterocycles. The summed E-state index contributed by atoms with van der Waals surface area (Å²) < 4.78 is 5.77. The number of aromatic carboxylic acids is 1. The Labute approximate surface area is 163 Å². The molecule has 0 spiro atoms. The standard InChI is InChI=1S/C23H20N2O3/c26-23(27)20-15-18-12-14-25(13-11-17-7-3-1-4-8-17)16-21(18)24-22(20)28-19-9-5-2-6-10-19/h1-10,12,14-15H,11,13,16H2,(H,26,27). The Morgan fingerprint density at radius 1 is 1.07 bits per heavy atom. The van der Waals surface area contributed by atoms with Gasteiger partial charge in [-0.1, -0.05) is 48.5 Å². The number of ether oxygens (including phenoxy) is 1. The number of carboxylic acids is 1. The summed E-state index contributed by atoms with van der Waals surface area (Å²) in [6.07, 6.45) is 4.84. The van der Waals surface area contributed by atoms with Crippen LogP contribution >= 0.6 is 0 Å². The van der Waals surface area contributed by atoms with Gasteiger partial charge in [0.15, 0.2) is 0 Å². The molecule has 0 bridgehead atoms. The van der Waals surface area contributed by atoms with Gasteiger partial charge in [0.05, 0.1) is 12.2 Å². The lowest BCUT2D eigenvalue weighted by Gasteiger charge is -2.25. The minimum Gasteiger partial charge on any atom is -0.477 e. The molecule has 0 aliphatic carbocycles. The molecule has 5 heteroatoms. The highest BCUT2D eigenvalue weighted by molar-refractivity contribution is 5.91. The zero-order chi connectivity index (χ0) is 19.3. The zero-order valence-corrected chi connectivity index (χ0v) is 15.3. The van der Waals surface area contributed by atoms with Crippen molar-refractivity contribution in [2.45, 2.75) is 13.0 Å². The van der Waals surface area contributed by atoms with Crippen LogP contribution in [-0.2, 0) is 13.0 Å². The van der Waals surface area contributed by atoms with Crippen LogP contribution < -0.4 is 4.74 Å². The van der Waals surface area contributed by atoms with Crippen molar-refractivity contribution < 1.29 is 14.6 Å². The number of fused-ring (bicyclic) bond motifs is 1. The number of hydrogen-bond acceptors (Lipinski definition) is 4. The summed E-state index contributed by atoms with van der Waals surface area (Å²) in [6.45, 7) is 1.47. The highest BCUT2D eigenvalue weighted by Crippen LogP contribution is 2.28. The minimum absolute atomic E-state index is 0.0602. The third-order valence-electron chi connectivity index (χ3n) is 4.64. The first kappa shape index (κ1) is 17.8. The summed E-state index contributed by atoms with van der Waals surface area (Å²) in [6, 6.07) is 21.1. The molecule has 1 aromatic heterocycles. The second-order valence-corrected chi connectivity index (χ2v) is 6.62. The summed E-state index contributed by atoms with van der Waals surface area (Å²) in [5.41, 5.74) is 2.97. The molecule has 1 aliphatic rings. The Kier molecular flexibility index (Phi) is 5.06. The van der Waals surface area contributed by atoms with Gasteiger partial charge >= 0.3 is 5.97 Å². The molecule has 0 saturated carbocycles. The lowest BCUT2D eigenvalue weighted by molar-refractivity contribution is 0.0693. The van der Waals surface area contributed by atoms with Crippen LogP contribution in [0.4, 0.5) is 0 Å². The number of rotatable bonds is 6. The van der Waals surface area contributed by atoms with Gasteiger partial charge < -0.3 is 14.7 Å². The van der Waals surface area contributed by atoms with E-state index in [9.17, 15) is 9.90 Å². The molecule has 0 atom stereocenters. The van der Waals surface area contributed by atoms with Crippen LogP contribution in [0.1, 0.15) is 27.2 Å². The van der Waals surface area contributed by atoms with Crippen molar-refractivity contribution >= 4 is 12.0 Å². The fraction of sp³-hybridized carbons (Fsp3) is 0.130. The summed E-state index contributed by atoms with van der Waals surface area (Å²) >= 11 is 0. The fourth-order valence-electron chi connectivity index (χ4n) is 3.15. The van der Waals surface area contributed by atoms with Crippen LogP contribution in [0, 0.1) is 0 Å². The summed E-state index contributed by atoms with van der Waals surface area (Å²) in [4.78, 5) is 18.4. The van der Waals surface area contributed by atoms with Crippen LogP contribution in [0.5, 0.6) is 11.6 Å². The molecule has 0 saturated heterocycles. The van der Waals surface area contributed by atoms with E-state index >= 15 is 0 Å². The third-order valence-corrected chi connectivity index (χ3v) is 4.64. The van der Waals surface area contributed by atoms with E-state index in [2.05, 4.69) is 22.0 Å². The predicted octanol–water partition coefficient (Wildman–Crippen LogP) is 4.60. The largest absolute Gasteiger partial charge is 0.477 e. The van der Waals surface area contributed by atoms with E-state index in [1.807, 2.05) is 48.7 Å². The van der Waals surface area contributed by atoms with E-state index in [-0.39, 0.29) is 11.4 Å². The quantitative estimate of drug-likeness (QED) is 0.685. The Morgan fingerprint density at radius 2 is 1.79 bits per heavy atom. The van der Waals surface area contributed by atoms with Crippen LogP contribution in [0.15, 0.2) is 72.9 Å². The molecule has 1 aliphatic heterocycles. The molecule has 0 unspecified atom stereocenters. The average molecular weight is 372 g/mol. The van der Waals surface area contributed by atoms with E-state index in [0.717, 1.165) is 24.2 Å². The molecule has 0 radical (unpaired) electrons. The van der Waals surface area contributed by atoms with Crippen molar-refractivity contribution in [3.05, 3.63) is 95.3 Å². The second kappa shape index (κ2) is 7.96. The van der Waals surface area contributed by atoms with Crippen molar-refractivity contribution in [1.29, 1.82) is 0 Å². The molecule has 0 amide bonds. The normalized spacial score (nSPS) is 12.5. The topological polar surface area (TPSA) is 62.7 Å². The maximum absolute atomic E-state index is 11.7. The molecule has 4 rings (SSSR count). The van der Waals surface area contributed by atoms with Crippen LogP contribution in [0.3, 0.4) is 0 Å². The SMILES string of the molecule is O=C(O)c1cc2c(nc1Oc1ccccc1)CN(CCc1ccccc1)C=C2. The van der Waals surface area contributed by atoms with Gasteiger partial charge in [-0.2, -0.15) is 0 Å². The van der Waals surface area contributed by atoms with Gasteiger partial charge in [-0.05, 0) is 36.3 Å². The number of pyridine rings is 1. The Hall–Kier alpha value is -3.60. The highest BCUT2D eigenvalue weighted by Gasteiger charge is 2.20. The maximum Gasteiger partial charge on any atom is 0.341 e. The molecule has 5 nitrogen and oxygen atoms in total. The summed E-state index contributed by atoms with van der Waals surface area (Å²) in [5.74, 6) is -0.373. The first-order valence-corrected chi connectivity index (χ1v) is 9.15. The van der Waals surface area contributed by atoms with Crippen molar-refractivity contribution in [3.8, 4) is 11.6 Å². The van der Waals surface area contributed by atoms with Crippen molar-refractivity contribution in [3.63, 3.8) is 0 Å². The lowest BCUT2D eigenvalue weighted by atomic mass is 10.1. The molecule has 3 aromatic rings. The summed E-state index contributed by atoms with van der Waals surface area (Å²) in [5, 5.41) is 9.55. The molecule has 1 N–H and O–H groups in total. The zero-order valence-electron chi connectivity index (χ0n) is 15.3. The molecule has 140 valence electrons. The number of nitrogens with zero attached hydrogens (tertiary/aromatic N) is 2. The van der Waals surface area contributed by atoms with E-state index in [4.69, 9.17) is 4.74 Å². The average Bonchev–Trinajstić information content (AvgIpc) is 2.73. The number of aromatic nitrogens is 1. The second-order valence-electron chi connectivity index (χ2n) is 6.62. The van der Waals surface area contributed by atoms with Gasteiger partial charge in [0.25, 0.3) is 0 Å². The van der Waals surface area contributed by atoms with E-state index in [1.165, 1.54) is 5.56 Å². The van der Waals surface area contributed by atoms with E-state index in [0.29, 0.717) is 12.3 Å². The number of benzene rings is 2. The summed E-state index contributed by atoms with van der Waals surface area (Å²) in [7, 11) is 0. The fourth-order valence-corrected chi connectivity index (χ4v) is 3.15. The number of para-hydroxylation sites is 1. The van der Waals surface area contributed by atoms with Crippen LogP contribution in [0.2, 0.25) is 0 Å². The third kappa shape index (κ3) is 4.04. The van der Waals surface area contributed by atoms with Crippen molar-refractivity contribution in [2.75, 3.05) is 6.54 Å². The number of hydrogen-bond donors (Lipinski definition) is 1. The first-order chi connectivity index (χ1) is 13.7. The van der Waals surface area contributed by atoms with Gasteiger partial charge in [-0.25, -0.2) is 9.78 Å². The van der Waals surface area contributed by atoms with Gasteiger partial charge in [0.2, 0.25) is 5.88 Å². The predicted molar refractivity (Wildman–Crippen MR) is 107 cm³/mol. The van der Waals surface area contributed by atoms with Gasteiger partial charge in [0, 0.05) is 18.3 Å². The van der Waals surface area contributed by atoms with Crippen molar-refractivity contribution in [1.82, 2.24) is 9.88 Å². The molecular weight excluding hydrogens is 352 g/mol. The smallest absolute Gasteiger partial charge is 0.341 e. The van der Waals surface area contributed by atoms with Gasteiger partial charge in [-0.15, -0.1) is 0 Å². The first-order valence-electron chi connectivity index (χ1n) is 9.15. The number of carbonyl (C=O) groups is 1. The lowest BCUT2D eigenvalue weighted by Crippen LogP contribution is -2.24. The molecule has 28 heavy (non-hydrogen) atoms. The van der Waals surface area contributed by atoms with Crippen molar-refractivity contribution in [2.24, 2.45) is 0 Å². The molecule has 2 aromatic carbocycles.